The zero-order valence-corrected chi connectivity index (χ0v) is 14.0. The minimum Gasteiger partial charge on any atom is -0.385 e. The molecule has 0 saturated carbocycles. The monoisotopic (exact) mass is 307 g/mol. The van der Waals surface area contributed by atoms with Crippen LogP contribution in [0.3, 0.4) is 0 Å². The van der Waals surface area contributed by atoms with Crippen LogP contribution in [-0.4, -0.2) is 53.7 Å². The first kappa shape index (κ1) is 16.0. The second-order valence-corrected chi connectivity index (χ2v) is 6.66. The topological polar surface area (TPSA) is 39.5 Å². The Morgan fingerprint density at radius 2 is 2.23 bits per heavy atom. The number of ether oxygens (including phenoxy) is 2. The van der Waals surface area contributed by atoms with Crippen LogP contribution in [0.25, 0.3) is 0 Å². The Balaban J connectivity index is 1.53. The molecule has 2 aliphatic rings. The zero-order valence-electron chi connectivity index (χ0n) is 14.0. The molecule has 2 fully saturated rings. The third-order valence-electron chi connectivity index (χ3n) is 5.39. The van der Waals surface area contributed by atoms with Crippen LogP contribution < -0.4 is 0 Å². The molecule has 0 radical (unpaired) electrons. The molecule has 1 atom stereocenters. The van der Waals surface area contributed by atoms with Crippen LogP contribution in [0.15, 0.2) is 12.4 Å². The van der Waals surface area contributed by atoms with E-state index < -0.39 is 0 Å². The molecule has 5 heteroatoms. The Morgan fingerprint density at radius 3 is 2.91 bits per heavy atom. The molecular formula is C17H29N3O2. The SMILES string of the molecule is CCn1cc(CN2CCC3(CC2)OCC[C@@H]3CCOC)cn1. The first-order valence-electron chi connectivity index (χ1n) is 8.62. The summed E-state index contributed by atoms with van der Waals surface area (Å²) in [6.45, 7) is 8.12. The number of rotatable bonds is 6. The van der Waals surface area contributed by atoms with E-state index >= 15 is 0 Å². The molecule has 1 aromatic rings. The average molecular weight is 307 g/mol. The average Bonchev–Trinajstić information content (AvgIpc) is 3.15. The maximum absolute atomic E-state index is 6.21. The van der Waals surface area contributed by atoms with Gasteiger partial charge in [-0.05, 0) is 38.5 Å². The fourth-order valence-electron chi connectivity index (χ4n) is 4.01. The van der Waals surface area contributed by atoms with E-state index in [0.717, 1.165) is 58.7 Å². The van der Waals surface area contributed by atoms with Gasteiger partial charge in [0.2, 0.25) is 0 Å². The predicted octanol–water partition coefficient (Wildman–Crippen LogP) is 2.31. The van der Waals surface area contributed by atoms with E-state index in [1.54, 1.807) is 7.11 Å². The standard InChI is InChI=1S/C17H29N3O2/c1-3-20-14-15(12-18-20)13-19-8-6-17(7-9-19)16(4-10-21-2)5-11-22-17/h12,14,16H,3-11,13H2,1-2H3/t16-/m0/s1. The largest absolute Gasteiger partial charge is 0.385 e. The highest BCUT2D eigenvalue weighted by Crippen LogP contribution is 2.42. The quantitative estimate of drug-likeness (QED) is 0.808. The van der Waals surface area contributed by atoms with Gasteiger partial charge >= 0.3 is 0 Å². The van der Waals surface area contributed by atoms with Crippen molar-refractivity contribution in [2.45, 2.75) is 51.3 Å². The van der Waals surface area contributed by atoms with E-state index in [4.69, 9.17) is 9.47 Å². The van der Waals surface area contributed by atoms with Crippen LogP contribution in [0, 0.1) is 5.92 Å². The molecule has 1 aromatic heterocycles. The highest BCUT2D eigenvalue weighted by Gasteiger charge is 2.45. The maximum atomic E-state index is 6.21. The maximum Gasteiger partial charge on any atom is 0.0736 e. The molecule has 5 nitrogen and oxygen atoms in total. The molecule has 2 aliphatic heterocycles. The molecule has 124 valence electrons. The summed E-state index contributed by atoms with van der Waals surface area (Å²) in [6.07, 6.45) is 8.82. The molecular weight excluding hydrogens is 278 g/mol. The van der Waals surface area contributed by atoms with Crippen LogP contribution in [0.2, 0.25) is 0 Å². The lowest BCUT2D eigenvalue weighted by Crippen LogP contribution is -2.47. The van der Waals surface area contributed by atoms with Crippen LogP contribution in [-0.2, 0) is 22.6 Å². The lowest BCUT2D eigenvalue weighted by molar-refractivity contribution is -0.0721. The minimum atomic E-state index is 0.128. The normalized spacial score (nSPS) is 25.1. The number of aryl methyl sites for hydroxylation is 1. The second-order valence-electron chi connectivity index (χ2n) is 6.66. The van der Waals surface area contributed by atoms with Gasteiger partial charge in [-0.3, -0.25) is 9.58 Å². The van der Waals surface area contributed by atoms with Crippen molar-refractivity contribution in [3.63, 3.8) is 0 Å². The van der Waals surface area contributed by atoms with Crippen molar-refractivity contribution in [1.29, 1.82) is 0 Å². The summed E-state index contributed by atoms with van der Waals surface area (Å²) in [7, 11) is 1.79. The van der Waals surface area contributed by atoms with E-state index in [1.165, 1.54) is 12.0 Å². The molecule has 0 unspecified atom stereocenters. The van der Waals surface area contributed by atoms with E-state index in [0.29, 0.717) is 5.92 Å². The zero-order chi connectivity index (χ0) is 15.4. The van der Waals surface area contributed by atoms with Gasteiger partial charge in [-0.25, -0.2) is 0 Å². The summed E-state index contributed by atoms with van der Waals surface area (Å²) in [5, 5.41) is 4.37. The second kappa shape index (κ2) is 7.11. The van der Waals surface area contributed by atoms with Crippen molar-refractivity contribution >= 4 is 0 Å². The number of nitrogens with zero attached hydrogens (tertiary/aromatic N) is 3. The molecule has 0 bridgehead atoms. The number of aromatic nitrogens is 2. The number of hydrogen-bond acceptors (Lipinski definition) is 4. The van der Waals surface area contributed by atoms with Crippen molar-refractivity contribution in [3.8, 4) is 0 Å². The fourth-order valence-corrected chi connectivity index (χ4v) is 4.01. The van der Waals surface area contributed by atoms with Gasteiger partial charge < -0.3 is 9.47 Å². The van der Waals surface area contributed by atoms with Crippen LogP contribution >= 0.6 is 0 Å². The Kier molecular flexibility index (Phi) is 5.16. The summed E-state index contributed by atoms with van der Waals surface area (Å²) in [6, 6.07) is 0. The van der Waals surface area contributed by atoms with E-state index in [2.05, 4.69) is 23.1 Å². The highest BCUT2D eigenvalue weighted by atomic mass is 16.5. The van der Waals surface area contributed by atoms with Crippen LogP contribution in [0.5, 0.6) is 0 Å². The van der Waals surface area contributed by atoms with Gasteiger partial charge in [0.05, 0.1) is 11.8 Å². The van der Waals surface area contributed by atoms with Gasteiger partial charge in [-0.1, -0.05) is 0 Å². The summed E-state index contributed by atoms with van der Waals surface area (Å²) >= 11 is 0. The fraction of sp³-hybridized carbons (Fsp3) is 0.824. The van der Waals surface area contributed by atoms with Gasteiger partial charge in [0.1, 0.15) is 0 Å². The summed E-state index contributed by atoms with van der Waals surface area (Å²) < 4.78 is 13.5. The Bertz CT molecular complexity index is 466. The van der Waals surface area contributed by atoms with E-state index in [1.807, 2.05) is 10.9 Å². The first-order valence-corrected chi connectivity index (χ1v) is 8.62. The molecule has 1 spiro atoms. The molecule has 2 saturated heterocycles. The summed E-state index contributed by atoms with van der Waals surface area (Å²) in [4.78, 5) is 2.54. The lowest BCUT2D eigenvalue weighted by atomic mass is 9.78. The Labute approximate surface area is 133 Å². The molecule has 3 heterocycles. The van der Waals surface area contributed by atoms with Crippen LogP contribution in [0.1, 0.15) is 38.2 Å². The molecule has 0 aliphatic carbocycles. The van der Waals surface area contributed by atoms with E-state index in [9.17, 15) is 0 Å². The minimum absolute atomic E-state index is 0.128. The number of likely N-dealkylation sites (tertiary alicyclic amines) is 1. The first-order chi connectivity index (χ1) is 10.8. The molecule has 0 amide bonds. The van der Waals surface area contributed by atoms with E-state index in [-0.39, 0.29) is 5.60 Å². The van der Waals surface area contributed by atoms with Gasteiger partial charge in [0.15, 0.2) is 0 Å². The number of hydrogen-bond donors (Lipinski definition) is 0. The third-order valence-corrected chi connectivity index (χ3v) is 5.39. The Morgan fingerprint density at radius 1 is 1.41 bits per heavy atom. The molecule has 22 heavy (non-hydrogen) atoms. The van der Waals surface area contributed by atoms with Crippen molar-refractivity contribution in [3.05, 3.63) is 18.0 Å². The summed E-state index contributed by atoms with van der Waals surface area (Å²) in [5.74, 6) is 0.678. The smallest absolute Gasteiger partial charge is 0.0736 e. The van der Waals surface area contributed by atoms with Gasteiger partial charge in [-0.2, -0.15) is 5.10 Å². The molecule has 0 N–H and O–H groups in total. The lowest BCUT2D eigenvalue weighted by Gasteiger charge is -2.42. The van der Waals surface area contributed by atoms with Crippen molar-refractivity contribution in [1.82, 2.24) is 14.7 Å². The number of methoxy groups -OCH3 is 1. The van der Waals surface area contributed by atoms with Gasteiger partial charge in [-0.15, -0.1) is 0 Å². The highest BCUT2D eigenvalue weighted by molar-refractivity contribution is 5.05. The van der Waals surface area contributed by atoms with Crippen molar-refractivity contribution < 1.29 is 9.47 Å². The third kappa shape index (κ3) is 3.36. The molecule has 0 aromatic carbocycles. The van der Waals surface area contributed by atoms with Crippen molar-refractivity contribution in [2.75, 3.05) is 33.4 Å². The summed E-state index contributed by atoms with van der Waals surface area (Å²) in [5.41, 5.74) is 1.45. The van der Waals surface area contributed by atoms with Crippen LogP contribution in [0.4, 0.5) is 0 Å². The van der Waals surface area contributed by atoms with Gasteiger partial charge in [0.25, 0.3) is 0 Å². The predicted molar refractivity (Wildman–Crippen MR) is 85.7 cm³/mol. The molecule has 3 rings (SSSR count). The Hall–Kier alpha value is -0.910. The van der Waals surface area contributed by atoms with Crippen molar-refractivity contribution in [2.24, 2.45) is 5.92 Å². The van der Waals surface area contributed by atoms with Gasteiger partial charge in [0, 0.05) is 58.3 Å². The number of piperidine rings is 1.